The monoisotopic (exact) mass is 1350 g/mol. The molecule has 2 fully saturated rings. The van der Waals surface area contributed by atoms with Crippen LogP contribution < -0.4 is 25.9 Å². The summed E-state index contributed by atoms with van der Waals surface area (Å²) in [6.07, 6.45) is -2.65. The van der Waals surface area contributed by atoms with E-state index < -0.39 is 42.5 Å². The number of pyridine rings is 4. The lowest BCUT2D eigenvalue weighted by molar-refractivity contribution is -0.138. The van der Waals surface area contributed by atoms with Crippen molar-refractivity contribution < 1.29 is 65.0 Å². The number of hydrogen-bond donors (Lipinski definition) is 4. The molecule has 0 radical (unpaired) electrons. The molecular weight excluding hydrogens is 1280 g/mol. The van der Waals surface area contributed by atoms with Crippen molar-refractivity contribution in [2.45, 2.75) is 60.3 Å². The fourth-order valence-electron chi connectivity index (χ4n) is 11.4. The van der Waals surface area contributed by atoms with E-state index in [9.17, 15) is 45.5 Å². The van der Waals surface area contributed by atoms with Crippen LogP contribution in [0.2, 0.25) is 5.02 Å². The number of hydrogen-bond acceptors (Lipinski definition) is 16. The Morgan fingerprint density at radius 1 is 0.505 bits per heavy atom. The molecule has 4 N–H and O–H groups in total. The van der Waals surface area contributed by atoms with E-state index >= 15 is 0 Å². The van der Waals surface area contributed by atoms with Crippen molar-refractivity contribution in [3.05, 3.63) is 186 Å². The number of para-hydroxylation sites is 2. The highest BCUT2D eigenvalue weighted by Crippen LogP contribution is 2.43. The van der Waals surface area contributed by atoms with Crippen LogP contribution in [0.25, 0.3) is 54.7 Å². The summed E-state index contributed by atoms with van der Waals surface area (Å²) < 4.78 is 96.4. The van der Waals surface area contributed by atoms with Gasteiger partial charge in [-0.2, -0.15) is 26.3 Å². The van der Waals surface area contributed by atoms with Gasteiger partial charge in [-0.1, -0.05) is 81.4 Å². The Hall–Kier alpha value is -10.1. The third-order valence-corrected chi connectivity index (χ3v) is 16.5. The number of aromatic nitrogens is 4. The maximum Gasteiger partial charge on any atom is 0.490 e. The van der Waals surface area contributed by atoms with Crippen LogP contribution in [0.4, 0.5) is 60.5 Å². The molecule has 4 aromatic heterocycles. The number of piperazine rings is 2. The zero-order chi connectivity index (χ0) is 68.4. The Bertz CT molecular complexity index is 4510. The third-order valence-electron chi connectivity index (χ3n) is 16.2. The van der Waals surface area contributed by atoms with E-state index in [4.69, 9.17) is 31.1 Å². The van der Waals surface area contributed by atoms with Crippen LogP contribution in [0, 0.1) is 0 Å². The highest BCUT2D eigenvalue weighted by molar-refractivity contribution is 6.58. The van der Waals surface area contributed by atoms with Gasteiger partial charge in [0, 0.05) is 145 Å². The third kappa shape index (κ3) is 16.8. The number of halogens is 7. The van der Waals surface area contributed by atoms with Crippen molar-refractivity contribution in [3.63, 3.8) is 0 Å². The van der Waals surface area contributed by atoms with Crippen LogP contribution in [0.5, 0.6) is 0 Å². The smallest absolute Gasteiger partial charge is 0.462 e. The fourth-order valence-corrected chi connectivity index (χ4v) is 11.5. The Morgan fingerprint density at radius 2 is 0.938 bits per heavy atom. The number of alkyl halides is 6. The highest BCUT2D eigenvalue weighted by atomic mass is 35.5. The predicted molar refractivity (Wildman–Crippen MR) is 367 cm³/mol. The maximum absolute atomic E-state index is 14.5. The molecule has 10 aromatic rings. The van der Waals surface area contributed by atoms with Crippen LogP contribution in [0.3, 0.4) is 0 Å². The van der Waals surface area contributed by atoms with Gasteiger partial charge in [-0.25, -0.2) is 9.59 Å². The van der Waals surface area contributed by atoms with Gasteiger partial charge < -0.3 is 49.8 Å². The van der Waals surface area contributed by atoms with Gasteiger partial charge in [0.1, 0.15) is 11.1 Å². The molecule has 2 amide bonds. The molecule has 0 atom stereocenters. The van der Waals surface area contributed by atoms with E-state index in [1.54, 1.807) is 89.9 Å². The van der Waals surface area contributed by atoms with Gasteiger partial charge in [-0.15, -0.1) is 0 Å². The molecule has 97 heavy (non-hydrogen) atoms. The number of esters is 2. The number of rotatable bonds is 14. The van der Waals surface area contributed by atoms with E-state index in [2.05, 4.69) is 30.6 Å². The van der Waals surface area contributed by atoms with Crippen molar-refractivity contribution >= 4 is 126 Å². The molecule has 6 heterocycles. The van der Waals surface area contributed by atoms with Crippen molar-refractivity contribution in [3.8, 4) is 11.1 Å². The zero-order valence-electron chi connectivity index (χ0n) is 52.6. The number of benzene rings is 6. The standard InChI is InChI=1S/C35H32F3N5O3.C26H26ClF3N4O3.C9H8BNO2.CH4/c1-3-32(44)43-15-13-42(14-16-43)31-12-10-25(19-28(31)35(36,37)38)41-33-26-18-22(24-17-23-7-5-6-8-29(23)39-20-24)9-11-30(26)40-21-27(33)34(45)46-4-2;1-3-23(35)34-11-9-33(10-12-34)22-8-6-17(14-20(22)26(28,29)30)32-24-18-13-16(27)5-7-21(18)31-15-19(24)25(36)37-4-2;12-10(13)8-5-7-3-1-2-4-9(7)11-6-8;/h5-12,17-21H,3-4,13-16H2,1-2H3,(H,40,41);5-8,13-15H,3-4,9-12H2,1-2H3,(H,31,32);1-6,12-13H;1H4. The van der Waals surface area contributed by atoms with Gasteiger partial charge in [0.25, 0.3) is 0 Å². The molecule has 0 spiro atoms. The van der Waals surface area contributed by atoms with Crippen LogP contribution >= 0.6 is 11.6 Å². The van der Waals surface area contributed by atoms with Gasteiger partial charge in [0.2, 0.25) is 11.8 Å². The Kier molecular flexibility index (Phi) is 22.9. The van der Waals surface area contributed by atoms with Crippen molar-refractivity contribution in [2.75, 3.05) is 86.0 Å². The quantitative estimate of drug-likeness (QED) is 0.0452. The summed E-state index contributed by atoms with van der Waals surface area (Å²) in [4.78, 5) is 73.7. The number of anilines is 6. The molecule has 18 nitrogen and oxygen atoms in total. The number of carbonyl (C=O) groups is 4. The van der Waals surface area contributed by atoms with E-state index in [0.29, 0.717) is 84.4 Å². The number of nitrogens with one attached hydrogen (secondary N) is 2. The highest BCUT2D eigenvalue weighted by Gasteiger charge is 2.38. The number of fused-ring (bicyclic) bond motifs is 4. The van der Waals surface area contributed by atoms with E-state index in [1.807, 2.05) is 66.7 Å². The van der Waals surface area contributed by atoms with Gasteiger partial charge in [0.15, 0.2) is 0 Å². The molecule has 0 saturated carbocycles. The summed E-state index contributed by atoms with van der Waals surface area (Å²) in [6.45, 7) is 9.68. The van der Waals surface area contributed by atoms with Crippen LogP contribution in [-0.4, -0.2) is 136 Å². The minimum atomic E-state index is -4.65. The molecule has 504 valence electrons. The lowest BCUT2D eigenvalue weighted by Crippen LogP contribution is -2.49. The molecule has 0 unspecified atom stereocenters. The summed E-state index contributed by atoms with van der Waals surface area (Å²) >= 11 is 6.17. The average Bonchev–Trinajstić information content (AvgIpc) is 0.782. The number of ether oxygens (including phenoxy) is 2. The normalized spacial score (nSPS) is 13.2. The summed E-state index contributed by atoms with van der Waals surface area (Å²) in [5.74, 6) is -1.34. The van der Waals surface area contributed by atoms with Gasteiger partial charge in [-0.05, 0) is 110 Å². The Morgan fingerprint density at radius 3 is 1.39 bits per heavy atom. The second kappa shape index (κ2) is 31.2. The Balaban J connectivity index is 0.000000192. The minimum absolute atomic E-state index is 0. The van der Waals surface area contributed by atoms with Crippen molar-refractivity contribution in [1.29, 1.82) is 0 Å². The lowest BCUT2D eigenvalue weighted by Gasteiger charge is -2.37. The molecule has 2 aliphatic rings. The molecule has 6 aromatic carbocycles. The fraction of sp³-hybridized carbons (Fsp3) is 0.268. The van der Waals surface area contributed by atoms with Gasteiger partial charge >= 0.3 is 31.4 Å². The van der Waals surface area contributed by atoms with Gasteiger partial charge in [-0.3, -0.25) is 29.5 Å². The molecule has 0 aliphatic carbocycles. The van der Waals surface area contributed by atoms with Crippen LogP contribution in [0.1, 0.15) is 79.8 Å². The first kappa shape index (κ1) is 71.2. The summed E-state index contributed by atoms with van der Waals surface area (Å²) in [7, 11) is -1.45. The zero-order valence-corrected chi connectivity index (χ0v) is 53.4. The second-order valence-corrected chi connectivity index (χ2v) is 22.8. The minimum Gasteiger partial charge on any atom is -0.462 e. The first-order valence-electron chi connectivity index (χ1n) is 31.0. The van der Waals surface area contributed by atoms with Gasteiger partial charge in [0.05, 0.1) is 57.8 Å². The summed E-state index contributed by atoms with van der Waals surface area (Å²) in [5.41, 5.74) is 4.22. The number of nitrogens with zero attached hydrogens (tertiary/aromatic N) is 8. The van der Waals surface area contributed by atoms with E-state index in [1.165, 1.54) is 36.8 Å². The van der Waals surface area contributed by atoms with E-state index in [-0.39, 0.29) is 90.8 Å². The molecular formula is C71H70BClF6N10O8. The largest absolute Gasteiger partial charge is 0.490 e. The number of amides is 2. The summed E-state index contributed by atoms with van der Waals surface area (Å²) in [5, 5.41) is 27.1. The molecule has 26 heteroatoms. The molecule has 12 rings (SSSR count). The SMILES string of the molecule is C.CCOC(=O)c1cnc2ccc(-c3cnc4ccccc4c3)cc2c1Nc1ccc(N2CCN(C(=O)CC)CC2)c(C(F)(F)F)c1.CCOC(=O)c1cnc2ccc(Cl)cc2c1Nc1ccc(N2CCN(C(=O)CC)CC2)c(C(F)(F)F)c1.OB(O)c1cnc2ccccc2c1. The van der Waals surface area contributed by atoms with E-state index in [0.717, 1.165) is 45.1 Å². The van der Waals surface area contributed by atoms with Crippen LogP contribution in [0.15, 0.2) is 158 Å². The topological polar surface area (TPSA) is 216 Å². The maximum atomic E-state index is 14.5. The van der Waals surface area contributed by atoms with Crippen LogP contribution in [-0.2, 0) is 31.4 Å². The first-order valence-corrected chi connectivity index (χ1v) is 31.4. The molecule has 2 aliphatic heterocycles. The van der Waals surface area contributed by atoms with Crippen molar-refractivity contribution in [2.24, 2.45) is 0 Å². The second-order valence-electron chi connectivity index (χ2n) is 22.3. The molecule has 0 bridgehead atoms. The van der Waals surface area contributed by atoms with Crippen molar-refractivity contribution in [1.82, 2.24) is 29.7 Å². The Labute approximate surface area is 561 Å². The predicted octanol–water partition coefficient (Wildman–Crippen LogP) is 13.9. The average molecular weight is 1350 g/mol. The number of carbonyl (C=O) groups excluding carboxylic acids is 4. The molecule has 2 saturated heterocycles. The first-order chi connectivity index (χ1) is 46.0. The summed E-state index contributed by atoms with van der Waals surface area (Å²) in [6, 6.07) is 37.4. The lowest BCUT2D eigenvalue weighted by atomic mass is 9.81.